The molecular formula is C12H16N2O2S. The van der Waals surface area contributed by atoms with Crippen LogP contribution in [0.4, 0.5) is 0 Å². The molecule has 0 bridgehead atoms. The van der Waals surface area contributed by atoms with Crippen molar-refractivity contribution in [2.75, 3.05) is 19.5 Å². The SMILES string of the molecule is COCCCSc1nc2ccccn2c1CO. The minimum Gasteiger partial charge on any atom is -0.390 e. The number of hydrogen-bond acceptors (Lipinski definition) is 4. The highest BCUT2D eigenvalue weighted by atomic mass is 32.2. The summed E-state index contributed by atoms with van der Waals surface area (Å²) in [7, 11) is 1.70. The minimum absolute atomic E-state index is 0.0117. The van der Waals surface area contributed by atoms with Crippen molar-refractivity contribution in [2.24, 2.45) is 0 Å². The second kappa shape index (κ2) is 6.05. The molecule has 0 aliphatic rings. The van der Waals surface area contributed by atoms with Gasteiger partial charge in [0.05, 0.1) is 12.3 Å². The Hall–Kier alpha value is -1.04. The molecule has 0 aliphatic heterocycles. The molecule has 0 aromatic carbocycles. The van der Waals surface area contributed by atoms with Crippen LogP contribution in [-0.2, 0) is 11.3 Å². The van der Waals surface area contributed by atoms with E-state index in [2.05, 4.69) is 4.98 Å². The smallest absolute Gasteiger partial charge is 0.138 e. The molecule has 4 nitrogen and oxygen atoms in total. The van der Waals surface area contributed by atoms with Gasteiger partial charge >= 0.3 is 0 Å². The molecule has 5 heteroatoms. The maximum atomic E-state index is 9.41. The maximum absolute atomic E-state index is 9.41. The second-order valence-electron chi connectivity index (χ2n) is 3.65. The van der Waals surface area contributed by atoms with Gasteiger partial charge in [0, 0.05) is 25.7 Å². The van der Waals surface area contributed by atoms with E-state index in [1.54, 1.807) is 18.9 Å². The van der Waals surface area contributed by atoms with E-state index in [1.807, 2.05) is 28.8 Å². The predicted octanol–water partition coefficient (Wildman–Crippen LogP) is 1.96. The van der Waals surface area contributed by atoms with E-state index in [0.29, 0.717) is 0 Å². The molecule has 0 saturated carbocycles. The summed E-state index contributed by atoms with van der Waals surface area (Å²) in [5.41, 5.74) is 1.74. The zero-order valence-corrected chi connectivity index (χ0v) is 10.6. The molecular weight excluding hydrogens is 236 g/mol. The van der Waals surface area contributed by atoms with Crippen LogP contribution in [0.25, 0.3) is 5.65 Å². The number of ether oxygens (including phenoxy) is 1. The maximum Gasteiger partial charge on any atom is 0.138 e. The molecule has 2 aromatic rings. The Morgan fingerprint density at radius 3 is 3.12 bits per heavy atom. The van der Waals surface area contributed by atoms with Gasteiger partial charge in [-0.25, -0.2) is 4.98 Å². The number of thioether (sulfide) groups is 1. The van der Waals surface area contributed by atoms with Crippen LogP contribution in [0, 0.1) is 0 Å². The molecule has 1 N–H and O–H groups in total. The molecule has 0 fully saturated rings. The lowest BCUT2D eigenvalue weighted by Crippen LogP contribution is -1.94. The van der Waals surface area contributed by atoms with Crippen LogP contribution in [-0.4, -0.2) is 34.0 Å². The first-order chi connectivity index (χ1) is 8.36. The lowest BCUT2D eigenvalue weighted by molar-refractivity contribution is 0.200. The highest BCUT2D eigenvalue weighted by Gasteiger charge is 2.10. The van der Waals surface area contributed by atoms with E-state index in [9.17, 15) is 5.11 Å². The summed E-state index contributed by atoms with van der Waals surface area (Å²) in [4.78, 5) is 4.51. The standard InChI is InChI=1S/C12H16N2O2S/c1-16-7-4-8-17-12-10(9-15)14-6-3-2-5-11(14)13-12/h2-3,5-6,15H,4,7-9H2,1H3. The van der Waals surface area contributed by atoms with Crippen LogP contribution in [0.2, 0.25) is 0 Å². The molecule has 17 heavy (non-hydrogen) atoms. The van der Waals surface area contributed by atoms with E-state index >= 15 is 0 Å². The Balaban J connectivity index is 2.15. The Morgan fingerprint density at radius 1 is 1.47 bits per heavy atom. The lowest BCUT2D eigenvalue weighted by Gasteiger charge is -2.01. The number of fused-ring (bicyclic) bond motifs is 1. The second-order valence-corrected chi connectivity index (χ2v) is 4.73. The number of rotatable bonds is 6. The molecule has 0 amide bonds. The summed E-state index contributed by atoms with van der Waals surface area (Å²) in [6, 6.07) is 5.83. The molecule has 2 rings (SSSR count). The van der Waals surface area contributed by atoms with E-state index in [0.717, 1.165) is 35.1 Å². The van der Waals surface area contributed by atoms with Gasteiger partial charge in [-0.05, 0) is 18.6 Å². The molecule has 0 saturated heterocycles. The third-order valence-electron chi connectivity index (χ3n) is 2.47. The van der Waals surface area contributed by atoms with Gasteiger partial charge in [0.15, 0.2) is 0 Å². The summed E-state index contributed by atoms with van der Waals surface area (Å²) in [6.07, 6.45) is 2.91. The molecule has 0 aliphatic carbocycles. The van der Waals surface area contributed by atoms with Crippen molar-refractivity contribution < 1.29 is 9.84 Å². The Labute approximate surface area is 105 Å². The van der Waals surface area contributed by atoms with Gasteiger partial charge in [-0.2, -0.15) is 0 Å². The van der Waals surface area contributed by atoms with Gasteiger partial charge in [-0.3, -0.25) is 0 Å². The van der Waals surface area contributed by atoms with E-state index in [1.165, 1.54) is 0 Å². The Morgan fingerprint density at radius 2 is 2.35 bits per heavy atom. The van der Waals surface area contributed by atoms with Gasteiger partial charge in [0.1, 0.15) is 10.7 Å². The molecule has 0 radical (unpaired) electrons. The van der Waals surface area contributed by atoms with E-state index in [-0.39, 0.29) is 6.61 Å². The van der Waals surface area contributed by atoms with Crippen LogP contribution >= 0.6 is 11.8 Å². The number of imidazole rings is 1. The van der Waals surface area contributed by atoms with Crippen molar-refractivity contribution in [2.45, 2.75) is 18.1 Å². The first kappa shape index (κ1) is 12.4. The third-order valence-corrected chi connectivity index (χ3v) is 3.57. The van der Waals surface area contributed by atoms with Crippen molar-refractivity contribution in [3.05, 3.63) is 30.1 Å². The first-order valence-electron chi connectivity index (χ1n) is 5.55. The fraction of sp³-hybridized carbons (Fsp3) is 0.417. The van der Waals surface area contributed by atoms with Crippen molar-refractivity contribution >= 4 is 17.4 Å². The molecule has 0 unspecified atom stereocenters. The Bertz CT molecular complexity index is 484. The van der Waals surface area contributed by atoms with Crippen molar-refractivity contribution in [3.8, 4) is 0 Å². The fourth-order valence-corrected chi connectivity index (χ4v) is 2.60. The van der Waals surface area contributed by atoms with Crippen molar-refractivity contribution in [1.29, 1.82) is 0 Å². The normalized spacial score (nSPS) is 11.2. The van der Waals surface area contributed by atoms with E-state index < -0.39 is 0 Å². The summed E-state index contributed by atoms with van der Waals surface area (Å²) in [6.45, 7) is 0.770. The molecule has 92 valence electrons. The topological polar surface area (TPSA) is 46.8 Å². The van der Waals surface area contributed by atoms with Crippen LogP contribution in [0.5, 0.6) is 0 Å². The summed E-state index contributed by atoms with van der Waals surface area (Å²) in [5.74, 6) is 0.949. The number of pyridine rings is 1. The van der Waals surface area contributed by atoms with E-state index in [4.69, 9.17) is 4.74 Å². The number of nitrogens with zero attached hydrogens (tertiary/aromatic N) is 2. The number of methoxy groups -OCH3 is 1. The van der Waals surface area contributed by atoms with Crippen LogP contribution in [0.15, 0.2) is 29.4 Å². The van der Waals surface area contributed by atoms with Gasteiger partial charge in [-0.1, -0.05) is 6.07 Å². The monoisotopic (exact) mass is 252 g/mol. The largest absolute Gasteiger partial charge is 0.390 e. The molecule has 0 spiro atoms. The first-order valence-corrected chi connectivity index (χ1v) is 6.54. The van der Waals surface area contributed by atoms with Gasteiger partial charge in [0.25, 0.3) is 0 Å². The number of hydrogen-bond donors (Lipinski definition) is 1. The number of aliphatic hydroxyl groups excluding tert-OH is 1. The fourth-order valence-electron chi connectivity index (χ4n) is 1.66. The van der Waals surface area contributed by atoms with Gasteiger partial charge in [0.2, 0.25) is 0 Å². The van der Waals surface area contributed by atoms with Crippen LogP contribution in [0.3, 0.4) is 0 Å². The predicted molar refractivity (Wildman–Crippen MR) is 68.3 cm³/mol. The van der Waals surface area contributed by atoms with Crippen molar-refractivity contribution in [3.63, 3.8) is 0 Å². The Kier molecular flexibility index (Phi) is 4.42. The summed E-state index contributed by atoms with van der Waals surface area (Å²) < 4.78 is 6.94. The van der Waals surface area contributed by atoms with Crippen LogP contribution < -0.4 is 0 Å². The van der Waals surface area contributed by atoms with Crippen molar-refractivity contribution in [1.82, 2.24) is 9.38 Å². The lowest BCUT2D eigenvalue weighted by atomic mass is 10.4. The zero-order chi connectivity index (χ0) is 12.1. The molecule has 0 atom stereocenters. The average Bonchev–Trinajstić information content (AvgIpc) is 2.72. The highest BCUT2D eigenvalue weighted by molar-refractivity contribution is 7.99. The number of aromatic nitrogens is 2. The minimum atomic E-state index is 0.0117. The third kappa shape index (κ3) is 2.80. The van der Waals surface area contributed by atoms with Gasteiger partial charge in [-0.15, -0.1) is 11.8 Å². The zero-order valence-electron chi connectivity index (χ0n) is 9.80. The summed E-state index contributed by atoms with van der Waals surface area (Å²) in [5, 5.41) is 10.3. The molecule has 2 aromatic heterocycles. The molecule has 2 heterocycles. The average molecular weight is 252 g/mol. The number of aliphatic hydroxyl groups is 1. The van der Waals surface area contributed by atoms with Crippen LogP contribution in [0.1, 0.15) is 12.1 Å². The summed E-state index contributed by atoms with van der Waals surface area (Å²) >= 11 is 1.67. The highest BCUT2D eigenvalue weighted by Crippen LogP contribution is 2.24. The van der Waals surface area contributed by atoms with Gasteiger partial charge < -0.3 is 14.2 Å². The quantitative estimate of drug-likeness (QED) is 0.630.